The minimum Gasteiger partial charge on any atom is -0.485 e. The fourth-order valence-corrected chi connectivity index (χ4v) is 4.32. The highest BCUT2D eigenvalue weighted by molar-refractivity contribution is 5.80. The molecular formula is C27H25NO3. The predicted octanol–water partition coefficient (Wildman–Crippen LogP) is 5.58. The van der Waals surface area contributed by atoms with Crippen LogP contribution < -0.4 is 15.5 Å². The van der Waals surface area contributed by atoms with Gasteiger partial charge in [0.1, 0.15) is 23.2 Å². The molecule has 1 fully saturated rings. The number of benzene rings is 3. The van der Waals surface area contributed by atoms with Crippen LogP contribution in [0.25, 0.3) is 22.3 Å². The van der Waals surface area contributed by atoms with Gasteiger partial charge in [0.25, 0.3) is 0 Å². The van der Waals surface area contributed by atoms with E-state index >= 15 is 0 Å². The van der Waals surface area contributed by atoms with Crippen molar-refractivity contribution in [1.82, 2.24) is 5.32 Å². The Kier molecular flexibility index (Phi) is 5.55. The topological polar surface area (TPSA) is 51.5 Å². The lowest BCUT2D eigenvalue weighted by atomic mass is 9.89. The van der Waals surface area contributed by atoms with Crippen LogP contribution in [0.15, 0.2) is 94.1 Å². The van der Waals surface area contributed by atoms with Gasteiger partial charge < -0.3 is 14.5 Å². The Bertz CT molecular complexity index is 1210. The van der Waals surface area contributed by atoms with Gasteiger partial charge in [0.05, 0.1) is 5.39 Å². The van der Waals surface area contributed by atoms with Crippen LogP contribution in [-0.2, 0) is 0 Å². The van der Waals surface area contributed by atoms with Crippen molar-refractivity contribution in [3.8, 4) is 17.1 Å². The van der Waals surface area contributed by atoms with Crippen LogP contribution in [0.5, 0.6) is 5.75 Å². The summed E-state index contributed by atoms with van der Waals surface area (Å²) >= 11 is 0. The van der Waals surface area contributed by atoms with Crippen molar-refractivity contribution in [3.05, 3.63) is 101 Å². The molecule has 0 aliphatic carbocycles. The smallest absolute Gasteiger partial charge is 0.193 e. The van der Waals surface area contributed by atoms with Gasteiger partial charge in [-0.1, -0.05) is 60.7 Å². The number of piperidine rings is 1. The second kappa shape index (κ2) is 8.78. The van der Waals surface area contributed by atoms with Gasteiger partial charge in [-0.15, -0.1) is 0 Å². The van der Waals surface area contributed by atoms with E-state index < -0.39 is 0 Å². The Hall–Kier alpha value is -3.37. The molecule has 1 aromatic heterocycles. The van der Waals surface area contributed by atoms with E-state index in [1.807, 2.05) is 66.7 Å². The maximum Gasteiger partial charge on any atom is 0.193 e. The molecule has 0 amide bonds. The summed E-state index contributed by atoms with van der Waals surface area (Å²) in [5.41, 5.74) is 2.54. The summed E-state index contributed by atoms with van der Waals surface area (Å²) < 4.78 is 12.5. The number of hydrogen-bond donors (Lipinski definition) is 1. The zero-order chi connectivity index (χ0) is 21.0. The summed E-state index contributed by atoms with van der Waals surface area (Å²) in [4.78, 5) is 12.9. The van der Waals surface area contributed by atoms with Crippen molar-refractivity contribution in [2.24, 2.45) is 5.92 Å². The maximum absolute atomic E-state index is 12.9. The molecular weight excluding hydrogens is 386 g/mol. The van der Waals surface area contributed by atoms with E-state index in [2.05, 4.69) is 17.4 Å². The molecule has 0 radical (unpaired) electrons. The summed E-state index contributed by atoms with van der Waals surface area (Å²) in [6.07, 6.45) is 2.19. The van der Waals surface area contributed by atoms with E-state index in [0.717, 1.165) is 37.1 Å². The molecule has 4 nitrogen and oxygen atoms in total. The number of nitrogens with one attached hydrogen (secondary N) is 1. The van der Waals surface area contributed by atoms with E-state index in [0.29, 0.717) is 28.4 Å². The van der Waals surface area contributed by atoms with Crippen LogP contribution in [0, 0.1) is 5.92 Å². The third-order valence-electron chi connectivity index (χ3n) is 5.91. The van der Waals surface area contributed by atoms with Gasteiger partial charge in [-0.25, -0.2) is 0 Å². The molecule has 0 spiro atoms. The molecule has 156 valence electrons. The average Bonchev–Trinajstić information content (AvgIpc) is 2.84. The minimum atomic E-state index is -0.0684. The molecule has 4 heteroatoms. The Morgan fingerprint density at radius 2 is 1.71 bits per heavy atom. The summed E-state index contributed by atoms with van der Waals surface area (Å²) in [5, 5.41) is 4.02. The van der Waals surface area contributed by atoms with Crippen molar-refractivity contribution >= 4 is 11.0 Å². The molecule has 2 unspecified atom stereocenters. The Morgan fingerprint density at radius 1 is 0.935 bits per heavy atom. The highest BCUT2D eigenvalue weighted by atomic mass is 16.5. The van der Waals surface area contributed by atoms with Gasteiger partial charge >= 0.3 is 0 Å². The van der Waals surface area contributed by atoms with Crippen LogP contribution in [0.1, 0.15) is 24.5 Å². The van der Waals surface area contributed by atoms with E-state index in [1.54, 1.807) is 6.07 Å². The van der Waals surface area contributed by atoms with Gasteiger partial charge in [0, 0.05) is 24.1 Å². The lowest BCUT2D eigenvalue weighted by molar-refractivity contribution is 0.116. The first-order valence-electron chi connectivity index (χ1n) is 10.8. The Balaban J connectivity index is 1.49. The second-order valence-electron chi connectivity index (χ2n) is 8.05. The van der Waals surface area contributed by atoms with Crippen LogP contribution in [0.3, 0.4) is 0 Å². The van der Waals surface area contributed by atoms with Crippen LogP contribution in [0.4, 0.5) is 0 Å². The zero-order valence-corrected chi connectivity index (χ0v) is 17.3. The third-order valence-corrected chi connectivity index (χ3v) is 5.91. The highest BCUT2D eigenvalue weighted by Gasteiger charge is 2.27. The van der Waals surface area contributed by atoms with E-state index in [4.69, 9.17) is 9.15 Å². The van der Waals surface area contributed by atoms with Crippen LogP contribution in [-0.4, -0.2) is 13.1 Å². The first kappa shape index (κ1) is 19.6. The number of hydrogen-bond acceptors (Lipinski definition) is 4. The lowest BCUT2D eigenvalue weighted by Gasteiger charge is -2.31. The van der Waals surface area contributed by atoms with Crippen molar-refractivity contribution < 1.29 is 9.15 Å². The standard InChI is InChI=1S/C27H25NO3/c29-24-17-26(19-8-3-1-4-9-19)31-25-14-13-22(16-23(24)25)30-27(20-10-5-2-6-11-20)21-12-7-15-28-18-21/h1-6,8-11,13-14,16-17,21,27-28H,7,12,15,18H2. The molecule has 0 saturated carbocycles. The molecule has 31 heavy (non-hydrogen) atoms. The van der Waals surface area contributed by atoms with Crippen molar-refractivity contribution in [1.29, 1.82) is 0 Å². The van der Waals surface area contributed by atoms with Crippen molar-refractivity contribution in [3.63, 3.8) is 0 Å². The van der Waals surface area contributed by atoms with E-state index in [1.165, 1.54) is 0 Å². The Labute approximate surface area is 181 Å². The van der Waals surface area contributed by atoms with Crippen LogP contribution in [0.2, 0.25) is 0 Å². The summed E-state index contributed by atoms with van der Waals surface area (Å²) in [6.45, 7) is 1.98. The zero-order valence-electron chi connectivity index (χ0n) is 17.3. The monoisotopic (exact) mass is 411 g/mol. The molecule has 1 N–H and O–H groups in total. The SMILES string of the molecule is O=c1cc(-c2ccccc2)oc2ccc(OC(c3ccccc3)C3CCCNC3)cc12. The predicted molar refractivity (Wildman–Crippen MR) is 123 cm³/mol. The molecule has 1 saturated heterocycles. The van der Waals surface area contributed by atoms with Gasteiger partial charge in [-0.2, -0.15) is 0 Å². The van der Waals surface area contributed by atoms with Crippen LogP contribution >= 0.6 is 0 Å². The first-order valence-corrected chi connectivity index (χ1v) is 10.8. The van der Waals surface area contributed by atoms with Crippen molar-refractivity contribution in [2.45, 2.75) is 18.9 Å². The number of ether oxygens (including phenoxy) is 1. The maximum atomic E-state index is 12.9. The first-order chi connectivity index (χ1) is 15.3. The largest absolute Gasteiger partial charge is 0.485 e. The normalized spacial score (nSPS) is 17.4. The van der Waals surface area contributed by atoms with E-state index in [-0.39, 0.29) is 11.5 Å². The quantitative estimate of drug-likeness (QED) is 0.466. The van der Waals surface area contributed by atoms with Crippen molar-refractivity contribution in [2.75, 3.05) is 13.1 Å². The fraction of sp³-hybridized carbons (Fsp3) is 0.222. The fourth-order valence-electron chi connectivity index (χ4n) is 4.32. The van der Waals surface area contributed by atoms with Gasteiger partial charge in [-0.3, -0.25) is 4.79 Å². The third kappa shape index (κ3) is 4.25. The average molecular weight is 412 g/mol. The summed E-state index contributed by atoms with van der Waals surface area (Å²) in [7, 11) is 0. The lowest BCUT2D eigenvalue weighted by Crippen LogP contribution is -2.35. The van der Waals surface area contributed by atoms with Gasteiger partial charge in [0.2, 0.25) is 0 Å². The number of fused-ring (bicyclic) bond motifs is 1. The Morgan fingerprint density at radius 3 is 2.45 bits per heavy atom. The molecule has 2 atom stereocenters. The summed E-state index contributed by atoms with van der Waals surface area (Å²) in [6, 6.07) is 27.1. The number of rotatable bonds is 5. The molecule has 5 rings (SSSR count). The molecule has 0 bridgehead atoms. The minimum absolute atomic E-state index is 0.0675. The molecule has 4 aromatic rings. The van der Waals surface area contributed by atoms with Gasteiger partial charge in [-0.05, 0) is 43.1 Å². The molecule has 1 aliphatic rings. The highest BCUT2D eigenvalue weighted by Crippen LogP contribution is 2.33. The molecule has 1 aliphatic heterocycles. The molecule has 3 aromatic carbocycles. The summed E-state index contributed by atoms with van der Waals surface area (Å²) in [5.74, 6) is 1.64. The molecule has 2 heterocycles. The second-order valence-corrected chi connectivity index (χ2v) is 8.05. The van der Waals surface area contributed by atoms with Gasteiger partial charge in [0.15, 0.2) is 5.43 Å². The van der Waals surface area contributed by atoms with E-state index in [9.17, 15) is 4.79 Å².